The van der Waals surface area contributed by atoms with E-state index in [0.29, 0.717) is 11.8 Å². The molecule has 0 saturated heterocycles. The Morgan fingerprint density at radius 1 is 0.972 bits per heavy atom. The van der Waals surface area contributed by atoms with Crippen molar-refractivity contribution in [2.75, 3.05) is 7.05 Å². The number of amides is 4. The molecule has 0 saturated carbocycles. The molecular weight excluding hydrogens is 472 g/mol. The zero-order valence-corrected chi connectivity index (χ0v) is 21.0. The van der Waals surface area contributed by atoms with Crippen LogP contribution in [0.1, 0.15) is 39.7 Å². The van der Waals surface area contributed by atoms with Crippen molar-refractivity contribution < 1.29 is 39.0 Å². The van der Waals surface area contributed by atoms with E-state index in [4.69, 9.17) is 5.11 Å². The number of aldehydes is 1. The van der Waals surface area contributed by atoms with Crippen molar-refractivity contribution >= 4 is 35.9 Å². The second-order valence-electron chi connectivity index (χ2n) is 8.84. The number of likely N-dealkylation sites (N-methyl/N-ethyl adjacent to an activating group) is 1. The highest BCUT2D eigenvalue weighted by Gasteiger charge is 2.35. The highest BCUT2D eigenvalue weighted by atomic mass is 16.4. The highest BCUT2D eigenvalue weighted by molar-refractivity contribution is 5.94. The Morgan fingerprint density at radius 2 is 1.56 bits per heavy atom. The number of benzene rings is 1. The molecule has 36 heavy (non-hydrogen) atoms. The number of aromatic hydroxyl groups is 1. The quantitative estimate of drug-likeness (QED) is 0.224. The number of carboxylic acids is 1. The minimum atomic E-state index is -1.27. The number of hydrogen-bond donors (Lipinski definition) is 5. The lowest BCUT2D eigenvalue weighted by Crippen LogP contribution is -2.58. The van der Waals surface area contributed by atoms with Crippen LogP contribution in [-0.2, 0) is 35.2 Å². The zero-order chi connectivity index (χ0) is 27.6. The van der Waals surface area contributed by atoms with Crippen molar-refractivity contribution in [3.05, 3.63) is 29.8 Å². The molecule has 198 valence electrons. The molecule has 0 aliphatic carbocycles. The summed E-state index contributed by atoms with van der Waals surface area (Å²) in [5.74, 6) is -3.98. The molecule has 12 heteroatoms. The SMILES string of the molecule is CC(=O)N[C@@H](Cc1ccc(O)cc1)C(=O)N(C)[C@H](C(=O)N[C@@H](C)C(=O)N[C@H](C=O)CC(=O)O)C(C)C. The fraction of sp³-hybridized carbons (Fsp3) is 0.500. The summed E-state index contributed by atoms with van der Waals surface area (Å²) in [7, 11) is 1.41. The van der Waals surface area contributed by atoms with Gasteiger partial charge in [0, 0.05) is 20.4 Å². The molecule has 0 spiro atoms. The number of phenolic OH excluding ortho intramolecular Hbond substituents is 1. The second-order valence-corrected chi connectivity index (χ2v) is 8.84. The van der Waals surface area contributed by atoms with Gasteiger partial charge in [-0.1, -0.05) is 26.0 Å². The van der Waals surface area contributed by atoms with Gasteiger partial charge in [-0.25, -0.2) is 0 Å². The van der Waals surface area contributed by atoms with Gasteiger partial charge in [0.05, 0.1) is 12.5 Å². The molecule has 0 bridgehead atoms. The van der Waals surface area contributed by atoms with E-state index < -0.39 is 60.2 Å². The van der Waals surface area contributed by atoms with E-state index in [1.807, 2.05) is 0 Å². The minimum Gasteiger partial charge on any atom is -0.508 e. The maximum Gasteiger partial charge on any atom is 0.305 e. The first kappa shape index (κ1) is 30.1. The van der Waals surface area contributed by atoms with Gasteiger partial charge in [-0.15, -0.1) is 0 Å². The molecule has 0 aliphatic heterocycles. The summed E-state index contributed by atoms with van der Waals surface area (Å²) < 4.78 is 0. The smallest absolute Gasteiger partial charge is 0.305 e. The van der Waals surface area contributed by atoms with E-state index in [1.165, 1.54) is 37.9 Å². The molecule has 5 N–H and O–H groups in total. The maximum atomic E-state index is 13.3. The van der Waals surface area contributed by atoms with Gasteiger partial charge in [0.15, 0.2) is 0 Å². The van der Waals surface area contributed by atoms with Gasteiger partial charge in [-0.05, 0) is 30.5 Å². The van der Waals surface area contributed by atoms with Gasteiger partial charge in [-0.3, -0.25) is 24.0 Å². The lowest BCUT2D eigenvalue weighted by Gasteiger charge is -2.33. The maximum absolute atomic E-state index is 13.3. The molecule has 12 nitrogen and oxygen atoms in total. The monoisotopic (exact) mass is 506 g/mol. The Morgan fingerprint density at radius 3 is 2.03 bits per heavy atom. The standard InChI is InChI=1S/C24H34N4O8/c1-13(2)21(23(35)25-14(3)22(34)27-17(12-29)11-20(32)33)28(5)24(36)19(26-15(4)30)10-16-6-8-18(31)9-7-16/h6-9,12-14,17,19,21,31H,10-11H2,1-5H3,(H,25,35)(H,26,30)(H,27,34)(H,32,33)/t14-,17-,19-,21-/m0/s1. The third kappa shape index (κ3) is 9.35. The van der Waals surface area contributed by atoms with Gasteiger partial charge in [0.2, 0.25) is 23.6 Å². The van der Waals surface area contributed by atoms with Gasteiger partial charge in [-0.2, -0.15) is 0 Å². The van der Waals surface area contributed by atoms with Crippen molar-refractivity contribution in [2.24, 2.45) is 5.92 Å². The van der Waals surface area contributed by atoms with Crippen LogP contribution in [0.25, 0.3) is 0 Å². The fourth-order valence-corrected chi connectivity index (χ4v) is 3.62. The van der Waals surface area contributed by atoms with Crippen LogP contribution in [0.5, 0.6) is 5.75 Å². The number of hydrogen-bond acceptors (Lipinski definition) is 7. The largest absolute Gasteiger partial charge is 0.508 e. The molecule has 0 fully saturated rings. The van der Waals surface area contributed by atoms with E-state index in [0.717, 1.165) is 0 Å². The summed E-state index contributed by atoms with van der Waals surface area (Å²) >= 11 is 0. The van der Waals surface area contributed by atoms with E-state index in [1.54, 1.807) is 26.0 Å². The third-order valence-corrected chi connectivity index (χ3v) is 5.36. The summed E-state index contributed by atoms with van der Waals surface area (Å²) in [6.45, 7) is 6.05. The van der Waals surface area contributed by atoms with Crippen LogP contribution >= 0.6 is 0 Å². The number of carbonyl (C=O) groups is 6. The highest BCUT2D eigenvalue weighted by Crippen LogP contribution is 2.15. The Bertz CT molecular complexity index is 963. The molecule has 0 aliphatic rings. The summed E-state index contributed by atoms with van der Waals surface area (Å²) in [6, 6.07) is 1.76. The Labute approximate surface area is 209 Å². The predicted octanol–water partition coefficient (Wildman–Crippen LogP) is -0.414. The molecule has 0 radical (unpaired) electrons. The van der Waals surface area contributed by atoms with Gasteiger partial charge >= 0.3 is 5.97 Å². The third-order valence-electron chi connectivity index (χ3n) is 5.36. The van der Waals surface area contributed by atoms with Crippen LogP contribution < -0.4 is 16.0 Å². The topological polar surface area (TPSA) is 182 Å². The number of carboxylic acid groups (broad SMARTS) is 1. The first-order chi connectivity index (χ1) is 16.8. The molecule has 0 heterocycles. The fourth-order valence-electron chi connectivity index (χ4n) is 3.62. The predicted molar refractivity (Wildman–Crippen MR) is 129 cm³/mol. The first-order valence-electron chi connectivity index (χ1n) is 11.4. The molecule has 1 aromatic rings. The Hall–Kier alpha value is -3.96. The van der Waals surface area contributed by atoms with E-state index in [9.17, 15) is 33.9 Å². The lowest BCUT2D eigenvalue weighted by atomic mass is 9.98. The summed E-state index contributed by atoms with van der Waals surface area (Å²) in [5, 5.41) is 25.6. The van der Waals surface area contributed by atoms with Crippen molar-refractivity contribution in [1.82, 2.24) is 20.9 Å². The first-order valence-corrected chi connectivity index (χ1v) is 11.4. The van der Waals surface area contributed by atoms with Crippen LogP contribution in [0.4, 0.5) is 0 Å². The van der Waals surface area contributed by atoms with Crippen LogP contribution in [-0.4, -0.2) is 82.2 Å². The molecule has 0 unspecified atom stereocenters. The summed E-state index contributed by atoms with van der Waals surface area (Å²) in [5.41, 5.74) is 0.676. The normalized spacial score (nSPS) is 14.1. The van der Waals surface area contributed by atoms with E-state index in [2.05, 4.69) is 16.0 Å². The van der Waals surface area contributed by atoms with Crippen molar-refractivity contribution in [1.29, 1.82) is 0 Å². The van der Waals surface area contributed by atoms with Crippen molar-refractivity contribution in [2.45, 2.75) is 64.7 Å². The van der Waals surface area contributed by atoms with Crippen LogP contribution in [0.3, 0.4) is 0 Å². The van der Waals surface area contributed by atoms with Crippen LogP contribution in [0.15, 0.2) is 24.3 Å². The molecule has 0 aromatic heterocycles. The molecule has 4 amide bonds. The number of nitrogens with one attached hydrogen (secondary N) is 3. The minimum absolute atomic E-state index is 0.0513. The summed E-state index contributed by atoms with van der Waals surface area (Å²) in [4.78, 5) is 73.5. The number of rotatable bonds is 13. The van der Waals surface area contributed by atoms with E-state index >= 15 is 0 Å². The van der Waals surface area contributed by atoms with E-state index in [-0.39, 0.29) is 18.1 Å². The van der Waals surface area contributed by atoms with Gasteiger partial charge < -0.3 is 35.9 Å². The Balaban J connectivity index is 3.00. The Kier molecular flexibility index (Phi) is 11.5. The number of carbonyl (C=O) groups excluding carboxylic acids is 5. The molecule has 1 aromatic carbocycles. The van der Waals surface area contributed by atoms with Crippen LogP contribution in [0, 0.1) is 5.92 Å². The van der Waals surface area contributed by atoms with Crippen molar-refractivity contribution in [3.63, 3.8) is 0 Å². The second kappa shape index (κ2) is 13.8. The number of phenols is 1. The number of aliphatic carboxylic acids is 1. The molecule has 4 atom stereocenters. The average Bonchev–Trinajstić information content (AvgIpc) is 2.78. The number of nitrogens with zero attached hydrogens (tertiary/aromatic N) is 1. The lowest BCUT2D eigenvalue weighted by molar-refractivity contribution is -0.144. The molecular formula is C24H34N4O8. The average molecular weight is 507 g/mol. The van der Waals surface area contributed by atoms with Crippen molar-refractivity contribution in [3.8, 4) is 5.75 Å². The van der Waals surface area contributed by atoms with Crippen LogP contribution in [0.2, 0.25) is 0 Å². The molecule has 1 rings (SSSR count). The van der Waals surface area contributed by atoms with Gasteiger partial charge in [0.25, 0.3) is 0 Å². The van der Waals surface area contributed by atoms with Gasteiger partial charge in [0.1, 0.15) is 30.2 Å². The summed E-state index contributed by atoms with van der Waals surface area (Å²) in [6.07, 6.45) is -0.196. The zero-order valence-electron chi connectivity index (χ0n) is 21.0.